The molecule has 1 rings (SSSR count). The number of allylic oxidation sites excluding steroid dienone is 2. The summed E-state index contributed by atoms with van der Waals surface area (Å²) >= 11 is 1.32. The molecule has 0 aliphatic rings. The summed E-state index contributed by atoms with van der Waals surface area (Å²) in [7, 11) is 3.05. The molecule has 0 spiro atoms. The molecule has 26 heavy (non-hydrogen) atoms. The van der Waals surface area contributed by atoms with Gasteiger partial charge in [0, 0.05) is 23.8 Å². The van der Waals surface area contributed by atoms with E-state index in [9.17, 15) is 13.6 Å². The maximum absolute atomic E-state index is 14.1. The van der Waals surface area contributed by atoms with E-state index in [1.807, 2.05) is 6.08 Å². The quantitative estimate of drug-likeness (QED) is 0.489. The fourth-order valence-corrected chi connectivity index (χ4v) is 2.71. The van der Waals surface area contributed by atoms with Gasteiger partial charge >= 0.3 is 0 Å². The number of methoxy groups -OCH3 is 2. The van der Waals surface area contributed by atoms with Crippen molar-refractivity contribution in [3.05, 3.63) is 71.7 Å². The van der Waals surface area contributed by atoms with Crippen LogP contribution in [0, 0.1) is 17.6 Å². The Hall–Kier alpha value is -2.28. The number of benzene rings is 1. The number of thioether (sulfide) groups is 1. The van der Waals surface area contributed by atoms with Crippen molar-refractivity contribution in [3.8, 4) is 0 Å². The summed E-state index contributed by atoms with van der Waals surface area (Å²) in [5, 5.41) is 2.65. The van der Waals surface area contributed by atoms with Crippen LogP contribution in [0.25, 0.3) is 0 Å². The Morgan fingerprint density at radius 1 is 1.15 bits per heavy atom. The zero-order valence-electron chi connectivity index (χ0n) is 15.0. The Morgan fingerprint density at radius 3 is 2.50 bits per heavy atom. The van der Waals surface area contributed by atoms with E-state index in [1.54, 1.807) is 24.5 Å². The second kappa shape index (κ2) is 12.1. The fraction of sp³-hybridized carbons (Fsp3) is 0.316. The van der Waals surface area contributed by atoms with Crippen LogP contribution in [0.4, 0.5) is 8.78 Å². The number of rotatable bonds is 10. The first-order valence-corrected chi connectivity index (χ1v) is 9.24. The van der Waals surface area contributed by atoms with Gasteiger partial charge in [-0.15, -0.1) is 0 Å². The molecule has 1 N–H and O–H groups in total. The molecule has 0 saturated carbocycles. The molecular formula is C19H23F2NO3S. The number of nitrogens with one attached hydrogen (secondary N) is 1. The minimum absolute atomic E-state index is 0.0672. The van der Waals surface area contributed by atoms with Crippen LogP contribution in [-0.2, 0) is 15.2 Å². The van der Waals surface area contributed by atoms with Crippen molar-refractivity contribution in [1.29, 1.82) is 0 Å². The van der Waals surface area contributed by atoms with Gasteiger partial charge in [-0.1, -0.05) is 12.2 Å². The highest BCUT2D eigenvalue weighted by atomic mass is 32.2. The van der Waals surface area contributed by atoms with Gasteiger partial charge in [0.05, 0.1) is 32.3 Å². The van der Waals surface area contributed by atoms with Gasteiger partial charge in [0.15, 0.2) is 0 Å². The van der Waals surface area contributed by atoms with Crippen molar-refractivity contribution < 1.29 is 23.0 Å². The summed E-state index contributed by atoms with van der Waals surface area (Å²) in [4.78, 5) is 12.4. The van der Waals surface area contributed by atoms with E-state index in [0.29, 0.717) is 0 Å². The summed E-state index contributed by atoms with van der Waals surface area (Å²) in [6.45, 7) is 0.199. The maximum Gasteiger partial charge on any atom is 0.254 e. The third kappa shape index (κ3) is 6.92. The summed E-state index contributed by atoms with van der Waals surface area (Å²) in [6.07, 6.45) is 11.8. The van der Waals surface area contributed by atoms with E-state index >= 15 is 0 Å². The summed E-state index contributed by atoms with van der Waals surface area (Å²) < 4.78 is 37.8. The Balaban J connectivity index is 2.91. The Kier molecular flexibility index (Phi) is 10.2. The van der Waals surface area contributed by atoms with Crippen molar-refractivity contribution in [2.75, 3.05) is 27.0 Å². The van der Waals surface area contributed by atoms with E-state index in [2.05, 4.69) is 5.32 Å². The SMILES string of the molecule is CO/C=C/C=CC(/C=C/OC)CNC(=O)c1c(F)ccc(F)c1CSC. The average molecular weight is 383 g/mol. The van der Waals surface area contributed by atoms with Crippen LogP contribution in [0.5, 0.6) is 0 Å². The van der Waals surface area contributed by atoms with Gasteiger partial charge in [-0.25, -0.2) is 8.78 Å². The maximum atomic E-state index is 14.1. The number of halogens is 2. The van der Waals surface area contributed by atoms with Gasteiger partial charge in [0.2, 0.25) is 0 Å². The molecule has 1 amide bonds. The van der Waals surface area contributed by atoms with Crippen LogP contribution in [0.15, 0.2) is 49.0 Å². The Morgan fingerprint density at radius 2 is 1.85 bits per heavy atom. The molecule has 0 aromatic heterocycles. The van der Waals surface area contributed by atoms with Crippen molar-refractivity contribution in [1.82, 2.24) is 5.32 Å². The normalized spacial score (nSPS) is 12.8. The molecule has 0 aliphatic carbocycles. The first-order valence-electron chi connectivity index (χ1n) is 7.84. The summed E-state index contributed by atoms with van der Waals surface area (Å²) in [5.74, 6) is -1.97. The predicted molar refractivity (Wildman–Crippen MR) is 101 cm³/mol. The highest BCUT2D eigenvalue weighted by Gasteiger charge is 2.20. The van der Waals surface area contributed by atoms with Crippen molar-refractivity contribution in [2.45, 2.75) is 5.75 Å². The van der Waals surface area contributed by atoms with Crippen LogP contribution in [0.3, 0.4) is 0 Å². The number of hydrogen-bond donors (Lipinski definition) is 1. The van der Waals surface area contributed by atoms with Gasteiger partial charge in [0.25, 0.3) is 5.91 Å². The van der Waals surface area contributed by atoms with Gasteiger partial charge in [-0.3, -0.25) is 4.79 Å². The molecule has 4 nitrogen and oxygen atoms in total. The smallest absolute Gasteiger partial charge is 0.254 e. The minimum atomic E-state index is -0.740. The zero-order chi connectivity index (χ0) is 19.4. The molecule has 142 valence electrons. The summed E-state index contributed by atoms with van der Waals surface area (Å²) in [6, 6.07) is 2.00. The second-order valence-electron chi connectivity index (χ2n) is 5.20. The van der Waals surface area contributed by atoms with E-state index in [1.165, 1.54) is 38.5 Å². The lowest BCUT2D eigenvalue weighted by Crippen LogP contribution is -2.30. The summed E-state index contributed by atoms with van der Waals surface area (Å²) in [5.41, 5.74) is -0.186. The fourth-order valence-electron chi connectivity index (χ4n) is 2.13. The van der Waals surface area contributed by atoms with E-state index in [-0.39, 0.29) is 29.3 Å². The average Bonchev–Trinajstić information content (AvgIpc) is 2.63. The molecule has 1 atom stereocenters. The van der Waals surface area contributed by atoms with E-state index in [0.717, 1.165) is 12.1 Å². The molecular weight excluding hydrogens is 360 g/mol. The second-order valence-corrected chi connectivity index (χ2v) is 6.07. The number of hydrogen-bond acceptors (Lipinski definition) is 4. The molecule has 7 heteroatoms. The number of carbonyl (C=O) groups excluding carboxylic acids is 1. The topological polar surface area (TPSA) is 47.6 Å². The first-order chi connectivity index (χ1) is 12.5. The van der Waals surface area contributed by atoms with Crippen LogP contribution >= 0.6 is 11.8 Å². The van der Waals surface area contributed by atoms with Gasteiger partial charge in [0.1, 0.15) is 11.6 Å². The molecule has 0 heterocycles. The molecule has 1 unspecified atom stereocenters. The minimum Gasteiger partial charge on any atom is -0.505 e. The van der Waals surface area contributed by atoms with Gasteiger partial charge < -0.3 is 14.8 Å². The van der Waals surface area contributed by atoms with Crippen LogP contribution in [0.1, 0.15) is 15.9 Å². The Labute approximate surface area is 156 Å². The van der Waals surface area contributed by atoms with Crippen LogP contribution in [-0.4, -0.2) is 32.9 Å². The lowest BCUT2D eigenvalue weighted by atomic mass is 10.1. The number of amides is 1. The standard InChI is InChI=1S/C19H23F2NO3S/c1-24-10-5-4-6-14(9-11-25-2)12-22-19(23)18-15(13-26-3)16(20)7-8-17(18)21/h4-11,14H,12-13H2,1-3H3,(H,22,23)/b6-4?,10-5+,11-9+. The molecule has 0 bridgehead atoms. The van der Waals surface area contributed by atoms with E-state index in [4.69, 9.17) is 9.47 Å². The van der Waals surface area contributed by atoms with E-state index < -0.39 is 17.5 Å². The molecule has 1 aromatic rings. The Bertz CT molecular complexity index is 675. The van der Waals surface area contributed by atoms with Crippen molar-refractivity contribution in [2.24, 2.45) is 5.92 Å². The number of ether oxygens (including phenoxy) is 2. The largest absolute Gasteiger partial charge is 0.505 e. The lowest BCUT2D eigenvalue weighted by Gasteiger charge is -2.13. The molecule has 0 aliphatic heterocycles. The molecule has 0 saturated heterocycles. The molecule has 1 aromatic carbocycles. The predicted octanol–water partition coefficient (Wildman–Crippen LogP) is 4.05. The van der Waals surface area contributed by atoms with Gasteiger partial charge in [-0.2, -0.15) is 11.8 Å². The van der Waals surface area contributed by atoms with Gasteiger partial charge in [-0.05, 0) is 30.5 Å². The lowest BCUT2D eigenvalue weighted by molar-refractivity contribution is 0.0946. The third-order valence-corrected chi connectivity index (χ3v) is 3.94. The highest BCUT2D eigenvalue weighted by Crippen LogP contribution is 2.21. The van der Waals surface area contributed by atoms with Crippen LogP contribution < -0.4 is 5.32 Å². The molecule has 0 fully saturated rings. The zero-order valence-corrected chi connectivity index (χ0v) is 15.8. The van der Waals surface area contributed by atoms with Crippen LogP contribution in [0.2, 0.25) is 0 Å². The monoisotopic (exact) mass is 383 g/mol. The third-order valence-electron chi connectivity index (χ3n) is 3.36. The molecule has 0 radical (unpaired) electrons. The number of carbonyl (C=O) groups is 1. The van der Waals surface area contributed by atoms with Crippen molar-refractivity contribution >= 4 is 17.7 Å². The highest BCUT2D eigenvalue weighted by molar-refractivity contribution is 7.97. The van der Waals surface area contributed by atoms with Crippen molar-refractivity contribution in [3.63, 3.8) is 0 Å². The first kappa shape index (κ1) is 21.8.